The molecule has 1 amide bonds. The second kappa shape index (κ2) is 10.5. The number of esters is 1. The number of amides is 1. The first-order valence-corrected chi connectivity index (χ1v) is 11.9. The van der Waals surface area contributed by atoms with E-state index in [0.717, 1.165) is 47.9 Å². The van der Waals surface area contributed by atoms with Crippen molar-refractivity contribution in [2.75, 3.05) is 43.6 Å². The minimum Gasteiger partial charge on any atom is -0.493 e. The van der Waals surface area contributed by atoms with Crippen LogP contribution in [-0.2, 0) is 16.0 Å². The molecule has 0 radical (unpaired) electrons. The van der Waals surface area contributed by atoms with Gasteiger partial charge in [-0.25, -0.2) is 0 Å². The topological polar surface area (TPSA) is 80.2 Å². The van der Waals surface area contributed by atoms with Gasteiger partial charge in [0.1, 0.15) is 5.75 Å². The molecule has 4 rings (SSSR count). The summed E-state index contributed by atoms with van der Waals surface area (Å²) in [7, 11) is 1.39. The number of nitrogens with zero attached hydrogens (tertiary/aromatic N) is 2. The highest BCUT2D eigenvalue weighted by Gasteiger charge is 2.23. The van der Waals surface area contributed by atoms with Crippen molar-refractivity contribution >= 4 is 35.5 Å². The number of methoxy groups -OCH3 is 1. The summed E-state index contributed by atoms with van der Waals surface area (Å²) in [6.07, 6.45) is 2.93. The summed E-state index contributed by atoms with van der Waals surface area (Å²) in [5.74, 6) is 2.66. The van der Waals surface area contributed by atoms with Gasteiger partial charge in [0.15, 0.2) is 0 Å². The number of rotatable bonds is 6. The molecule has 1 saturated heterocycles. The number of benzene rings is 2. The SMILES string of the molecule is COC(=O)CC1COc2cc(NC(=O)c3ccc(C=NN4CCSCC4)cc3)ccc2C1. The minimum atomic E-state index is -0.228. The first-order chi connectivity index (χ1) is 15.6. The molecule has 32 heavy (non-hydrogen) atoms. The summed E-state index contributed by atoms with van der Waals surface area (Å²) in [5.41, 5.74) is 3.24. The smallest absolute Gasteiger partial charge is 0.305 e. The van der Waals surface area contributed by atoms with E-state index in [2.05, 4.69) is 15.4 Å². The minimum absolute atomic E-state index is 0.103. The Kier molecular flexibility index (Phi) is 7.32. The Balaban J connectivity index is 1.34. The number of ether oxygens (including phenoxy) is 2. The van der Waals surface area contributed by atoms with Crippen molar-refractivity contribution in [2.45, 2.75) is 12.8 Å². The van der Waals surface area contributed by atoms with Crippen molar-refractivity contribution in [3.05, 3.63) is 59.2 Å². The molecule has 8 heteroatoms. The van der Waals surface area contributed by atoms with E-state index in [1.807, 2.05) is 48.3 Å². The van der Waals surface area contributed by atoms with Crippen molar-refractivity contribution in [1.29, 1.82) is 0 Å². The molecule has 168 valence electrons. The van der Waals surface area contributed by atoms with E-state index >= 15 is 0 Å². The van der Waals surface area contributed by atoms with Gasteiger partial charge in [0.05, 0.1) is 26.4 Å². The number of hydrogen-bond acceptors (Lipinski definition) is 7. The van der Waals surface area contributed by atoms with E-state index in [0.29, 0.717) is 24.3 Å². The highest BCUT2D eigenvalue weighted by Crippen LogP contribution is 2.31. The summed E-state index contributed by atoms with van der Waals surface area (Å²) in [5, 5.41) is 9.52. The van der Waals surface area contributed by atoms with Crippen LogP contribution in [0.15, 0.2) is 47.6 Å². The first-order valence-electron chi connectivity index (χ1n) is 10.7. The monoisotopic (exact) mass is 453 g/mol. The molecule has 7 nitrogen and oxygen atoms in total. The van der Waals surface area contributed by atoms with Crippen molar-refractivity contribution in [1.82, 2.24) is 5.01 Å². The third kappa shape index (κ3) is 5.82. The number of hydrogen-bond donors (Lipinski definition) is 1. The molecule has 2 heterocycles. The average molecular weight is 454 g/mol. The zero-order chi connectivity index (χ0) is 22.3. The maximum absolute atomic E-state index is 12.7. The third-order valence-corrected chi connectivity index (χ3v) is 6.46. The lowest BCUT2D eigenvalue weighted by Gasteiger charge is -2.25. The molecule has 0 spiro atoms. The van der Waals surface area contributed by atoms with Crippen LogP contribution in [0, 0.1) is 5.92 Å². The molecule has 1 atom stereocenters. The number of nitrogens with one attached hydrogen (secondary N) is 1. The number of anilines is 1. The Morgan fingerprint density at radius 2 is 2.00 bits per heavy atom. The summed E-state index contributed by atoms with van der Waals surface area (Å²) >= 11 is 1.95. The Labute approximate surface area is 192 Å². The predicted molar refractivity (Wildman–Crippen MR) is 127 cm³/mol. The molecule has 0 aliphatic carbocycles. The van der Waals surface area contributed by atoms with E-state index in [9.17, 15) is 9.59 Å². The fourth-order valence-electron chi connectivity index (χ4n) is 3.70. The predicted octanol–water partition coefficient (Wildman–Crippen LogP) is 3.44. The molecule has 1 N–H and O–H groups in total. The van der Waals surface area contributed by atoms with E-state index in [1.54, 1.807) is 12.1 Å². The summed E-state index contributed by atoms with van der Waals surface area (Å²) in [6.45, 7) is 2.40. The molecule has 1 fully saturated rings. The van der Waals surface area contributed by atoms with Gasteiger partial charge in [0, 0.05) is 47.8 Å². The van der Waals surface area contributed by atoms with Gasteiger partial charge in [-0.05, 0) is 35.7 Å². The molecule has 1 unspecified atom stereocenters. The van der Waals surface area contributed by atoms with Gasteiger partial charge in [-0.3, -0.25) is 14.6 Å². The van der Waals surface area contributed by atoms with Crippen molar-refractivity contribution < 1.29 is 19.1 Å². The summed E-state index contributed by atoms with van der Waals surface area (Å²) in [4.78, 5) is 24.2. The van der Waals surface area contributed by atoms with Gasteiger partial charge in [0.25, 0.3) is 5.91 Å². The fraction of sp³-hybridized carbons (Fsp3) is 0.375. The second-order valence-electron chi connectivity index (χ2n) is 7.87. The normalized spacial score (nSPS) is 18.0. The number of carbonyl (C=O) groups is 2. The standard InChI is InChI=1S/C24H27N3O4S/c1-30-23(28)13-18-12-20-6-7-21(14-22(20)31-16-18)26-24(29)19-4-2-17(3-5-19)15-25-27-8-10-32-11-9-27/h2-7,14-15,18H,8-13,16H2,1H3,(H,26,29). The molecule has 0 saturated carbocycles. The molecule has 0 bridgehead atoms. The van der Waals surface area contributed by atoms with Gasteiger partial charge in [0.2, 0.25) is 0 Å². The van der Waals surface area contributed by atoms with Gasteiger partial charge in [-0.15, -0.1) is 0 Å². The average Bonchev–Trinajstić information content (AvgIpc) is 2.83. The number of fused-ring (bicyclic) bond motifs is 1. The van der Waals surface area contributed by atoms with Crippen LogP contribution in [-0.4, -0.2) is 61.4 Å². The van der Waals surface area contributed by atoms with Crippen LogP contribution in [0.2, 0.25) is 0 Å². The first kappa shape index (κ1) is 22.2. The van der Waals surface area contributed by atoms with Crippen LogP contribution < -0.4 is 10.1 Å². The van der Waals surface area contributed by atoms with Crippen molar-refractivity contribution in [3.63, 3.8) is 0 Å². The second-order valence-corrected chi connectivity index (χ2v) is 9.10. The maximum Gasteiger partial charge on any atom is 0.305 e. The zero-order valence-corrected chi connectivity index (χ0v) is 18.9. The highest BCUT2D eigenvalue weighted by molar-refractivity contribution is 7.99. The van der Waals surface area contributed by atoms with Crippen LogP contribution >= 0.6 is 11.8 Å². The molecule has 2 aromatic carbocycles. The number of hydrazone groups is 1. The fourth-order valence-corrected chi connectivity index (χ4v) is 4.59. The van der Waals surface area contributed by atoms with Gasteiger partial charge >= 0.3 is 5.97 Å². The maximum atomic E-state index is 12.7. The van der Waals surface area contributed by atoms with Crippen LogP contribution in [0.1, 0.15) is 27.9 Å². The Bertz CT molecular complexity index is 987. The molecule has 0 aromatic heterocycles. The summed E-state index contributed by atoms with van der Waals surface area (Å²) < 4.78 is 10.6. The number of thioether (sulfide) groups is 1. The van der Waals surface area contributed by atoms with Gasteiger partial charge in [-0.1, -0.05) is 18.2 Å². The number of carbonyl (C=O) groups excluding carboxylic acids is 2. The summed E-state index contributed by atoms with van der Waals surface area (Å²) in [6, 6.07) is 13.0. The zero-order valence-electron chi connectivity index (χ0n) is 18.1. The third-order valence-electron chi connectivity index (χ3n) is 5.52. The van der Waals surface area contributed by atoms with Gasteiger partial charge < -0.3 is 14.8 Å². The Hall–Kier alpha value is -3.00. The largest absolute Gasteiger partial charge is 0.493 e. The lowest BCUT2D eigenvalue weighted by Crippen LogP contribution is -2.27. The van der Waals surface area contributed by atoms with Crippen molar-refractivity contribution in [3.8, 4) is 5.75 Å². The van der Waals surface area contributed by atoms with E-state index < -0.39 is 0 Å². The van der Waals surface area contributed by atoms with E-state index in [1.165, 1.54) is 7.11 Å². The molecular formula is C24H27N3O4S. The molecule has 2 aromatic rings. The molecule has 2 aliphatic heterocycles. The van der Waals surface area contributed by atoms with Crippen LogP contribution in [0.3, 0.4) is 0 Å². The van der Waals surface area contributed by atoms with Crippen molar-refractivity contribution in [2.24, 2.45) is 11.0 Å². The Morgan fingerprint density at radius 3 is 2.75 bits per heavy atom. The Morgan fingerprint density at radius 1 is 1.22 bits per heavy atom. The van der Waals surface area contributed by atoms with E-state index in [4.69, 9.17) is 9.47 Å². The quantitative estimate of drug-likeness (QED) is 0.533. The van der Waals surface area contributed by atoms with Gasteiger partial charge in [-0.2, -0.15) is 16.9 Å². The van der Waals surface area contributed by atoms with Crippen LogP contribution in [0.4, 0.5) is 5.69 Å². The lowest BCUT2D eigenvalue weighted by atomic mass is 9.94. The molecular weight excluding hydrogens is 426 g/mol. The molecule has 2 aliphatic rings. The highest BCUT2D eigenvalue weighted by atomic mass is 32.2. The van der Waals surface area contributed by atoms with E-state index in [-0.39, 0.29) is 17.8 Å². The lowest BCUT2D eigenvalue weighted by molar-refractivity contribution is -0.142. The van der Waals surface area contributed by atoms with Crippen LogP contribution in [0.5, 0.6) is 5.75 Å². The van der Waals surface area contributed by atoms with Crippen LogP contribution in [0.25, 0.3) is 0 Å².